The van der Waals surface area contributed by atoms with Crippen LogP contribution in [0.3, 0.4) is 0 Å². The van der Waals surface area contributed by atoms with Crippen LogP contribution in [0, 0.1) is 5.92 Å². The Bertz CT molecular complexity index is 539. The van der Waals surface area contributed by atoms with E-state index in [1.807, 2.05) is 17.0 Å². The van der Waals surface area contributed by atoms with Crippen LogP contribution in [-0.2, 0) is 9.47 Å². The highest BCUT2D eigenvalue weighted by molar-refractivity contribution is 5.94. The van der Waals surface area contributed by atoms with Crippen LogP contribution in [-0.4, -0.2) is 61.5 Å². The molecule has 0 spiro atoms. The van der Waals surface area contributed by atoms with Crippen LogP contribution >= 0.6 is 0 Å². The second kappa shape index (κ2) is 7.94. The van der Waals surface area contributed by atoms with E-state index in [0.717, 1.165) is 38.3 Å². The van der Waals surface area contributed by atoms with Gasteiger partial charge in [-0.3, -0.25) is 4.79 Å². The molecular formula is C18H27N3O3. The molecule has 2 aliphatic heterocycles. The van der Waals surface area contributed by atoms with Crippen LogP contribution in [0.2, 0.25) is 0 Å². The Morgan fingerprint density at radius 2 is 2.04 bits per heavy atom. The number of carbonyl (C=O) groups excluding carboxylic acids is 1. The van der Waals surface area contributed by atoms with Crippen molar-refractivity contribution in [1.82, 2.24) is 9.88 Å². The molecule has 2 aliphatic rings. The van der Waals surface area contributed by atoms with Gasteiger partial charge in [0.05, 0.1) is 18.8 Å². The monoisotopic (exact) mass is 333 g/mol. The van der Waals surface area contributed by atoms with Gasteiger partial charge in [0.2, 0.25) is 0 Å². The highest BCUT2D eigenvalue weighted by Crippen LogP contribution is 2.26. The normalized spacial score (nSPS) is 21.9. The highest BCUT2D eigenvalue weighted by atomic mass is 16.7. The van der Waals surface area contributed by atoms with E-state index >= 15 is 0 Å². The molecule has 1 aromatic rings. The van der Waals surface area contributed by atoms with Crippen molar-refractivity contribution in [3.63, 3.8) is 0 Å². The Hall–Kier alpha value is -1.66. The Morgan fingerprint density at radius 1 is 1.29 bits per heavy atom. The number of carbonyl (C=O) groups is 1. The van der Waals surface area contributed by atoms with E-state index in [-0.39, 0.29) is 18.1 Å². The summed E-state index contributed by atoms with van der Waals surface area (Å²) in [4.78, 5) is 21.3. The van der Waals surface area contributed by atoms with Crippen molar-refractivity contribution in [2.24, 2.45) is 5.92 Å². The minimum atomic E-state index is -0.149. The van der Waals surface area contributed by atoms with Gasteiger partial charge in [-0.1, -0.05) is 0 Å². The zero-order chi connectivity index (χ0) is 16.9. The van der Waals surface area contributed by atoms with E-state index in [1.165, 1.54) is 0 Å². The van der Waals surface area contributed by atoms with Crippen LogP contribution in [0.1, 0.15) is 37.0 Å². The van der Waals surface area contributed by atoms with Crippen LogP contribution in [0.4, 0.5) is 5.82 Å². The van der Waals surface area contributed by atoms with Gasteiger partial charge in [0, 0.05) is 38.3 Å². The number of hydrogen-bond acceptors (Lipinski definition) is 5. The SMILES string of the molecule is CCN(CC)c1ccc(C(=O)N2CCCC(C3OCCO3)C2)cn1. The fourth-order valence-electron chi connectivity index (χ4n) is 3.50. The fraction of sp³-hybridized carbons (Fsp3) is 0.667. The largest absolute Gasteiger partial charge is 0.357 e. The molecule has 0 aliphatic carbocycles. The third kappa shape index (κ3) is 3.70. The second-order valence-electron chi connectivity index (χ2n) is 6.34. The van der Waals surface area contributed by atoms with E-state index in [4.69, 9.17) is 9.47 Å². The zero-order valence-electron chi connectivity index (χ0n) is 14.6. The van der Waals surface area contributed by atoms with Crippen molar-refractivity contribution in [2.75, 3.05) is 44.3 Å². The summed E-state index contributed by atoms with van der Waals surface area (Å²) in [6.45, 7) is 8.83. The molecule has 1 amide bonds. The van der Waals surface area contributed by atoms with Gasteiger partial charge in [-0.2, -0.15) is 0 Å². The molecule has 3 heterocycles. The molecule has 6 nitrogen and oxygen atoms in total. The molecule has 1 aromatic heterocycles. The van der Waals surface area contributed by atoms with Gasteiger partial charge in [-0.25, -0.2) is 4.98 Å². The molecule has 3 rings (SSSR count). The topological polar surface area (TPSA) is 54.9 Å². The van der Waals surface area contributed by atoms with E-state index < -0.39 is 0 Å². The standard InChI is InChI=1S/C18H27N3O3/c1-3-20(4-2)16-8-7-14(12-19-16)17(22)21-9-5-6-15(13-21)18-23-10-11-24-18/h7-8,12,15,18H,3-6,9-11,13H2,1-2H3. The average molecular weight is 333 g/mol. The number of ether oxygens (including phenoxy) is 2. The molecule has 0 saturated carbocycles. The van der Waals surface area contributed by atoms with Crippen molar-refractivity contribution in [3.05, 3.63) is 23.9 Å². The first kappa shape index (κ1) is 17.2. The second-order valence-corrected chi connectivity index (χ2v) is 6.34. The lowest BCUT2D eigenvalue weighted by Gasteiger charge is -2.34. The summed E-state index contributed by atoms with van der Waals surface area (Å²) in [5.74, 6) is 1.24. The van der Waals surface area contributed by atoms with Gasteiger partial charge in [0.1, 0.15) is 5.82 Å². The number of hydrogen-bond donors (Lipinski definition) is 0. The molecule has 1 atom stereocenters. The minimum Gasteiger partial charge on any atom is -0.357 e. The molecule has 0 radical (unpaired) electrons. The molecule has 132 valence electrons. The van der Waals surface area contributed by atoms with Crippen molar-refractivity contribution in [2.45, 2.75) is 33.0 Å². The van der Waals surface area contributed by atoms with Crippen molar-refractivity contribution >= 4 is 11.7 Å². The number of rotatable bonds is 5. The fourth-order valence-corrected chi connectivity index (χ4v) is 3.50. The smallest absolute Gasteiger partial charge is 0.255 e. The maximum absolute atomic E-state index is 12.8. The predicted octanol–water partition coefficient (Wildman–Crippen LogP) is 2.15. The molecule has 24 heavy (non-hydrogen) atoms. The summed E-state index contributed by atoms with van der Waals surface area (Å²) in [5, 5.41) is 0. The molecule has 1 unspecified atom stereocenters. The van der Waals surface area contributed by atoms with Crippen LogP contribution < -0.4 is 4.90 Å². The number of piperidine rings is 1. The number of likely N-dealkylation sites (tertiary alicyclic amines) is 1. The van der Waals surface area contributed by atoms with Crippen molar-refractivity contribution < 1.29 is 14.3 Å². The van der Waals surface area contributed by atoms with Gasteiger partial charge in [0.15, 0.2) is 6.29 Å². The van der Waals surface area contributed by atoms with Crippen LogP contribution in [0.15, 0.2) is 18.3 Å². The summed E-state index contributed by atoms with van der Waals surface area (Å²) in [6, 6.07) is 3.82. The molecule has 0 bridgehead atoms. The van der Waals surface area contributed by atoms with E-state index in [2.05, 4.69) is 23.7 Å². The molecular weight excluding hydrogens is 306 g/mol. The van der Waals surface area contributed by atoms with Gasteiger partial charge in [-0.15, -0.1) is 0 Å². The van der Waals surface area contributed by atoms with E-state index in [9.17, 15) is 4.79 Å². The maximum atomic E-state index is 12.8. The Morgan fingerprint density at radius 3 is 2.67 bits per heavy atom. The summed E-state index contributed by atoms with van der Waals surface area (Å²) >= 11 is 0. The Kier molecular flexibility index (Phi) is 5.68. The number of aromatic nitrogens is 1. The summed E-state index contributed by atoms with van der Waals surface area (Å²) in [5.41, 5.74) is 0.653. The van der Waals surface area contributed by atoms with Crippen molar-refractivity contribution in [3.8, 4) is 0 Å². The first-order chi connectivity index (χ1) is 11.7. The third-order valence-corrected chi connectivity index (χ3v) is 4.86. The highest BCUT2D eigenvalue weighted by Gasteiger charge is 2.33. The molecule has 2 saturated heterocycles. The molecule has 0 aromatic carbocycles. The number of amides is 1. The summed E-state index contributed by atoms with van der Waals surface area (Å²) in [6.07, 6.45) is 3.59. The lowest BCUT2D eigenvalue weighted by atomic mass is 9.97. The molecule has 2 fully saturated rings. The Balaban J connectivity index is 1.64. The third-order valence-electron chi connectivity index (χ3n) is 4.86. The lowest BCUT2D eigenvalue weighted by molar-refractivity contribution is -0.0969. The molecule has 0 N–H and O–H groups in total. The molecule has 6 heteroatoms. The summed E-state index contributed by atoms with van der Waals surface area (Å²) in [7, 11) is 0. The van der Waals surface area contributed by atoms with E-state index in [0.29, 0.717) is 25.3 Å². The Labute approximate surface area is 143 Å². The van der Waals surface area contributed by atoms with Crippen LogP contribution in [0.5, 0.6) is 0 Å². The first-order valence-electron chi connectivity index (χ1n) is 8.96. The first-order valence-corrected chi connectivity index (χ1v) is 8.96. The number of pyridine rings is 1. The zero-order valence-corrected chi connectivity index (χ0v) is 14.6. The number of anilines is 1. The predicted molar refractivity (Wildman–Crippen MR) is 92.1 cm³/mol. The quantitative estimate of drug-likeness (QED) is 0.826. The lowest BCUT2D eigenvalue weighted by Crippen LogP contribution is -2.43. The van der Waals surface area contributed by atoms with Gasteiger partial charge >= 0.3 is 0 Å². The van der Waals surface area contributed by atoms with Gasteiger partial charge < -0.3 is 19.3 Å². The van der Waals surface area contributed by atoms with Gasteiger partial charge in [0.25, 0.3) is 5.91 Å². The van der Waals surface area contributed by atoms with E-state index in [1.54, 1.807) is 6.20 Å². The van der Waals surface area contributed by atoms with Crippen LogP contribution in [0.25, 0.3) is 0 Å². The van der Waals surface area contributed by atoms with Crippen molar-refractivity contribution in [1.29, 1.82) is 0 Å². The summed E-state index contributed by atoms with van der Waals surface area (Å²) < 4.78 is 11.2. The number of nitrogens with zero attached hydrogens (tertiary/aromatic N) is 3. The minimum absolute atomic E-state index is 0.0521. The average Bonchev–Trinajstić information content (AvgIpc) is 3.18. The van der Waals surface area contributed by atoms with Gasteiger partial charge in [-0.05, 0) is 38.8 Å². The maximum Gasteiger partial charge on any atom is 0.255 e.